The van der Waals surface area contributed by atoms with Gasteiger partial charge in [-0.2, -0.15) is 9.97 Å². The lowest BCUT2D eigenvalue weighted by Crippen LogP contribution is -2.12. The summed E-state index contributed by atoms with van der Waals surface area (Å²) in [4.78, 5) is 8.05. The smallest absolute Gasteiger partial charge is 0.223 e. The van der Waals surface area contributed by atoms with E-state index in [0.29, 0.717) is 23.9 Å². The zero-order valence-corrected chi connectivity index (χ0v) is 10.3. The van der Waals surface area contributed by atoms with Gasteiger partial charge in [-0.3, -0.25) is 4.21 Å². The van der Waals surface area contributed by atoms with Crippen LogP contribution in [0.15, 0.2) is 6.07 Å². The number of nitrogens with zero attached hydrogens (tertiary/aromatic N) is 2. The predicted molar refractivity (Wildman–Crippen MR) is 68.0 cm³/mol. The topological polar surface area (TPSA) is 92.9 Å². The van der Waals surface area contributed by atoms with E-state index in [9.17, 15) is 4.21 Å². The summed E-state index contributed by atoms with van der Waals surface area (Å²) in [6.45, 7) is 3.35. The van der Waals surface area contributed by atoms with E-state index in [0.717, 1.165) is 6.54 Å². The van der Waals surface area contributed by atoms with Gasteiger partial charge in [0.2, 0.25) is 5.95 Å². The van der Waals surface area contributed by atoms with Crippen molar-refractivity contribution in [2.45, 2.75) is 6.92 Å². The van der Waals surface area contributed by atoms with Crippen molar-refractivity contribution in [3.63, 3.8) is 0 Å². The Morgan fingerprint density at radius 1 is 1.38 bits per heavy atom. The van der Waals surface area contributed by atoms with Crippen molar-refractivity contribution in [1.29, 1.82) is 0 Å². The van der Waals surface area contributed by atoms with E-state index in [2.05, 4.69) is 20.6 Å². The molecule has 6 nitrogen and oxygen atoms in total. The fourth-order valence-corrected chi connectivity index (χ4v) is 1.54. The highest BCUT2D eigenvalue weighted by Crippen LogP contribution is 2.11. The first-order valence-electron chi connectivity index (χ1n) is 5.04. The van der Waals surface area contributed by atoms with Crippen molar-refractivity contribution in [3.05, 3.63) is 6.07 Å². The minimum atomic E-state index is -0.806. The monoisotopic (exact) mass is 243 g/mol. The molecular formula is C9H17N5OS. The standard InChI is InChI=1S/C9H17N5OS/c1-3-11-7-6-8(14-9(10)13-7)12-4-5-16(2)15/h6H,3-5H2,1-2H3,(H4,10,11,12,13,14). The molecule has 16 heavy (non-hydrogen) atoms. The number of hydrogen-bond acceptors (Lipinski definition) is 6. The summed E-state index contributed by atoms with van der Waals surface area (Å²) < 4.78 is 10.9. The van der Waals surface area contributed by atoms with E-state index in [1.54, 1.807) is 12.3 Å². The Balaban J connectivity index is 2.61. The molecule has 1 unspecified atom stereocenters. The van der Waals surface area contributed by atoms with Gasteiger partial charge in [-0.15, -0.1) is 0 Å². The highest BCUT2D eigenvalue weighted by Gasteiger charge is 2.01. The molecule has 1 atom stereocenters. The van der Waals surface area contributed by atoms with Gasteiger partial charge >= 0.3 is 0 Å². The normalized spacial score (nSPS) is 12.1. The summed E-state index contributed by atoms with van der Waals surface area (Å²) in [7, 11) is -0.806. The van der Waals surface area contributed by atoms with Crippen LogP contribution in [0.5, 0.6) is 0 Å². The number of aromatic nitrogens is 2. The maximum absolute atomic E-state index is 10.9. The van der Waals surface area contributed by atoms with Crippen molar-refractivity contribution >= 4 is 28.4 Å². The van der Waals surface area contributed by atoms with E-state index >= 15 is 0 Å². The van der Waals surface area contributed by atoms with Crippen LogP contribution in [0.4, 0.5) is 17.6 Å². The first-order chi connectivity index (χ1) is 7.61. The maximum Gasteiger partial charge on any atom is 0.223 e. The summed E-state index contributed by atoms with van der Waals surface area (Å²) >= 11 is 0. The van der Waals surface area contributed by atoms with Gasteiger partial charge in [0.05, 0.1) is 0 Å². The summed E-state index contributed by atoms with van der Waals surface area (Å²) in [5.41, 5.74) is 5.56. The van der Waals surface area contributed by atoms with Gasteiger partial charge in [0.1, 0.15) is 11.6 Å². The summed E-state index contributed by atoms with van der Waals surface area (Å²) in [5.74, 6) is 2.14. The lowest BCUT2D eigenvalue weighted by Gasteiger charge is -2.08. The second kappa shape index (κ2) is 6.26. The molecule has 0 fully saturated rings. The molecule has 4 N–H and O–H groups in total. The third-order valence-electron chi connectivity index (χ3n) is 1.80. The van der Waals surface area contributed by atoms with Crippen LogP contribution in [-0.2, 0) is 10.8 Å². The second-order valence-corrected chi connectivity index (χ2v) is 4.79. The zero-order valence-electron chi connectivity index (χ0n) is 9.49. The lowest BCUT2D eigenvalue weighted by molar-refractivity contribution is 0.687. The molecule has 0 saturated heterocycles. The molecule has 0 aliphatic heterocycles. The Hall–Kier alpha value is -1.37. The van der Waals surface area contributed by atoms with Crippen LogP contribution in [0.2, 0.25) is 0 Å². The molecule has 0 aromatic carbocycles. The van der Waals surface area contributed by atoms with Gasteiger partial charge in [0.25, 0.3) is 0 Å². The summed E-state index contributed by atoms with van der Waals surface area (Å²) in [5, 5.41) is 6.11. The number of anilines is 3. The molecule has 0 spiro atoms. The van der Waals surface area contributed by atoms with Gasteiger partial charge < -0.3 is 16.4 Å². The van der Waals surface area contributed by atoms with Crippen LogP contribution in [0.25, 0.3) is 0 Å². The number of hydrogen-bond donors (Lipinski definition) is 3. The molecule has 0 bridgehead atoms. The number of rotatable bonds is 6. The van der Waals surface area contributed by atoms with Crippen LogP contribution in [0, 0.1) is 0 Å². The Labute approximate surface area is 97.5 Å². The van der Waals surface area contributed by atoms with Crippen molar-refractivity contribution in [3.8, 4) is 0 Å². The molecule has 1 aromatic rings. The van der Waals surface area contributed by atoms with E-state index < -0.39 is 10.8 Å². The quantitative estimate of drug-likeness (QED) is 0.664. The lowest BCUT2D eigenvalue weighted by atomic mass is 10.5. The average molecular weight is 243 g/mol. The van der Waals surface area contributed by atoms with Crippen LogP contribution in [0.3, 0.4) is 0 Å². The molecule has 0 radical (unpaired) electrons. The SMILES string of the molecule is CCNc1cc(NCCS(C)=O)nc(N)n1. The van der Waals surface area contributed by atoms with Gasteiger partial charge in [0, 0.05) is 42.0 Å². The Morgan fingerprint density at radius 3 is 2.56 bits per heavy atom. The third kappa shape index (κ3) is 4.43. The predicted octanol–water partition coefficient (Wildman–Crippen LogP) is 0.281. The maximum atomic E-state index is 10.9. The molecule has 0 aliphatic rings. The van der Waals surface area contributed by atoms with Crippen molar-refractivity contribution in [2.24, 2.45) is 0 Å². The van der Waals surface area contributed by atoms with Gasteiger partial charge in [-0.25, -0.2) is 0 Å². The molecule has 0 saturated carbocycles. The first kappa shape index (κ1) is 12.7. The molecule has 1 heterocycles. The summed E-state index contributed by atoms with van der Waals surface area (Å²) in [6, 6.07) is 1.78. The van der Waals surface area contributed by atoms with Gasteiger partial charge in [-0.05, 0) is 6.92 Å². The molecule has 90 valence electrons. The molecule has 1 rings (SSSR count). The number of nitrogen functional groups attached to an aromatic ring is 1. The van der Waals surface area contributed by atoms with E-state index in [1.807, 2.05) is 6.92 Å². The van der Waals surface area contributed by atoms with Crippen molar-refractivity contribution < 1.29 is 4.21 Å². The van der Waals surface area contributed by atoms with Gasteiger partial charge in [-0.1, -0.05) is 0 Å². The van der Waals surface area contributed by atoms with E-state index in [1.165, 1.54) is 0 Å². The van der Waals surface area contributed by atoms with E-state index in [-0.39, 0.29) is 5.95 Å². The first-order valence-corrected chi connectivity index (χ1v) is 6.77. The Bertz CT molecular complexity index is 371. The number of nitrogens with one attached hydrogen (secondary N) is 2. The molecular weight excluding hydrogens is 226 g/mol. The minimum absolute atomic E-state index is 0.221. The van der Waals surface area contributed by atoms with Crippen LogP contribution in [0.1, 0.15) is 6.92 Å². The van der Waals surface area contributed by atoms with Crippen LogP contribution < -0.4 is 16.4 Å². The molecule has 1 aromatic heterocycles. The fraction of sp³-hybridized carbons (Fsp3) is 0.556. The van der Waals surface area contributed by atoms with Crippen molar-refractivity contribution in [1.82, 2.24) is 9.97 Å². The fourth-order valence-electron chi connectivity index (χ4n) is 1.15. The molecule has 7 heteroatoms. The largest absolute Gasteiger partial charge is 0.370 e. The number of nitrogens with two attached hydrogens (primary N) is 1. The van der Waals surface area contributed by atoms with Crippen molar-refractivity contribution in [2.75, 3.05) is 41.5 Å². The third-order valence-corrected chi connectivity index (χ3v) is 2.58. The van der Waals surface area contributed by atoms with E-state index in [4.69, 9.17) is 5.73 Å². The molecule has 0 aliphatic carbocycles. The highest BCUT2D eigenvalue weighted by atomic mass is 32.2. The zero-order chi connectivity index (χ0) is 12.0. The Morgan fingerprint density at radius 2 is 2.00 bits per heavy atom. The average Bonchev–Trinajstić information content (AvgIpc) is 2.16. The Kier molecular flexibility index (Phi) is 4.97. The molecule has 0 amide bonds. The van der Waals surface area contributed by atoms with Gasteiger partial charge in [0.15, 0.2) is 0 Å². The van der Waals surface area contributed by atoms with Crippen LogP contribution in [-0.4, -0.2) is 39.3 Å². The highest BCUT2D eigenvalue weighted by molar-refractivity contribution is 7.84. The second-order valence-electron chi connectivity index (χ2n) is 3.23. The minimum Gasteiger partial charge on any atom is -0.370 e. The van der Waals surface area contributed by atoms with Crippen LogP contribution >= 0.6 is 0 Å². The summed E-state index contributed by atoms with van der Waals surface area (Å²) in [6.07, 6.45) is 1.67.